The minimum absolute atomic E-state index is 0.160. The highest BCUT2D eigenvalue weighted by Gasteiger charge is 2.39. The summed E-state index contributed by atoms with van der Waals surface area (Å²) in [6.07, 6.45) is 5.76. The Bertz CT molecular complexity index is 493. The molecule has 4 nitrogen and oxygen atoms in total. The minimum Gasteiger partial charge on any atom is -0.395 e. The zero-order chi connectivity index (χ0) is 15.6. The number of rotatable bonds is 6. The SMILES string of the molecule is CN1C2CCC1CC(NCC(C=O)(CO)c1ccccc1)C2. The Labute approximate surface area is 132 Å². The van der Waals surface area contributed by atoms with Gasteiger partial charge in [-0.25, -0.2) is 0 Å². The van der Waals surface area contributed by atoms with Crippen molar-refractivity contribution in [3.8, 4) is 0 Å². The largest absolute Gasteiger partial charge is 0.395 e. The van der Waals surface area contributed by atoms with Crippen LogP contribution in [0.3, 0.4) is 0 Å². The monoisotopic (exact) mass is 302 g/mol. The van der Waals surface area contributed by atoms with E-state index in [1.165, 1.54) is 12.8 Å². The van der Waals surface area contributed by atoms with Crippen LogP contribution in [0.2, 0.25) is 0 Å². The van der Waals surface area contributed by atoms with Crippen LogP contribution in [0, 0.1) is 0 Å². The number of nitrogens with one attached hydrogen (secondary N) is 1. The van der Waals surface area contributed by atoms with Gasteiger partial charge in [0.25, 0.3) is 0 Å². The highest BCUT2D eigenvalue weighted by molar-refractivity contribution is 5.69. The maximum absolute atomic E-state index is 11.7. The molecule has 3 unspecified atom stereocenters. The number of carbonyl (C=O) groups is 1. The summed E-state index contributed by atoms with van der Waals surface area (Å²) >= 11 is 0. The summed E-state index contributed by atoms with van der Waals surface area (Å²) in [4.78, 5) is 14.2. The van der Waals surface area contributed by atoms with Gasteiger partial charge in [-0.1, -0.05) is 30.3 Å². The Kier molecular flexibility index (Phi) is 4.62. The molecule has 2 aliphatic heterocycles. The van der Waals surface area contributed by atoms with E-state index in [4.69, 9.17) is 0 Å². The van der Waals surface area contributed by atoms with Gasteiger partial charge in [0.2, 0.25) is 0 Å². The molecule has 0 saturated carbocycles. The third-order valence-corrected chi connectivity index (χ3v) is 5.66. The van der Waals surface area contributed by atoms with Crippen LogP contribution < -0.4 is 5.32 Å². The highest BCUT2D eigenvalue weighted by atomic mass is 16.3. The van der Waals surface area contributed by atoms with Gasteiger partial charge >= 0.3 is 0 Å². The molecule has 2 N–H and O–H groups in total. The van der Waals surface area contributed by atoms with E-state index >= 15 is 0 Å². The van der Waals surface area contributed by atoms with Crippen molar-refractivity contribution in [2.75, 3.05) is 20.2 Å². The number of piperidine rings is 1. The molecule has 2 heterocycles. The maximum Gasteiger partial charge on any atom is 0.134 e. The number of hydrogen-bond acceptors (Lipinski definition) is 4. The number of carbonyl (C=O) groups excluding carboxylic acids is 1. The fourth-order valence-corrected chi connectivity index (χ4v) is 4.07. The molecule has 0 aliphatic carbocycles. The maximum atomic E-state index is 11.7. The first-order valence-electron chi connectivity index (χ1n) is 8.26. The number of benzene rings is 1. The molecular weight excluding hydrogens is 276 g/mol. The van der Waals surface area contributed by atoms with Gasteiger partial charge in [0.1, 0.15) is 6.29 Å². The minimum atomic E-state index is -0.830. The summed E-state index contributed by atoms with van der Waals surface area (Å²) in [6, 6.07) is 11.4. The summed E-state index contributed by atoms with van der Waals surface area (Å²) in [5.74, 6) is 0. The first-order valence-corrected chi connectivity index (χ1v) is 8.26. The van der Waals surface area contributed by atoms with Crippen molar-refractivity contribution in [2.45, 2.75) is 49.2 Å². The van der Waals surface area contributed by atoms with Crippen LogP contribution in [0.1, 0.15) is 31.2 Å². The van der Waals surface area contributed by atoms with Crippen molar-refractivity contribution in [3.63, 3.8) is 0 Å². The molecule has 2 saturated heterocycles. The van der Waals surface area contributed by atoms with Gasteiger partial charge in [0, 0.05) is 24.7 Å². The van der Waals surface area contributed by atoms with Crippen molar-refractivity contribution in [1.82, 2.24) is 10.2 Å². The van der Waals surface area contributed by atoms with E-state index in [-0.39, 0.29) is 6.61 Å². The number of hydrogen-bond donors (Lipinski definition) is 2. The van der Waals surface area contributed by atoms with E-state index in [1.54, 1.807) is 0 Å². The van der Waals surface area contributed by atoms with Gasteiger partial charge in [-0.15, -0.1) is 0 Å². The van der Waals surface area contributed by atoms with Crippen molar-refractivity contribution in [2.24, 2.45) is 0 Å². The van der Waals surface area contributed by atoms with E-state index in [2.05, 4.69) is 17.3 Å². The predicted octanol–water partition coefficient (Wildman–Crippen LogP) is 1.33. The van der Waals surface area contributed by atoms with Crippen LogP contribution in [0.25, 0.3) is 0 Å². The summed E-state index contributed by atoms with van der Waals surface area (Å²) in [7, 11) is 2.23. The van der Waals surface area contributed by atoms with Crippen LogP contribution in [0.15, 0.2) is 30.3 Å². The van der Waals surface area contributed by atoms with Gasteiger partial charge in [-0.2, -0.15) is 0 Å². The quantitative estimate of drug-likeness (QED) is 0.779. The molecule has 22 heavy (non-hydrogen) atoms. The lowest BCUT2D eigenvalue weighted by Crippen LogP contribution is -2.51. The van der Waals surface area contributed by atoms with Crippen LogP contribution in [0.5, 0.6) is 0 Å². The van der Waals surface area contributed by atoms with Crippen molar-refractivity contribution < 1.29 is 9.90 Å². The number of aldehydes is 1. The van der Waals surface area contributed by atoms with Gasteiger partial charge in [-0.05, 0) is 38.3 Å². The summed E-state index contributed by atoms with van der Waals surface area (Å²) in [6.45, 7) is 0.345. The van der Waals surface area contributed by atoms with E-state index in [0.29, 0.717) is 24.7 Å². The summed E-state index contributed by atoms with van der Waals surface area (Å²) < 4.78 is 0. The zero-order valence-corrected chi connectivity index (χ0v) is 13.2. The average Bonchev–Trinajstić information content (AvgIpc) is 2.78. The van der Waals surface area contributed by atoms with Crippen molar-refractivity contribution in [1.29, 1.82) is 0 Å². The average molecular weight is 302 g/mol. The highest BCUT2D eigenvalue weighted by Crippen LogP contribution is 2.34. The lowest BCUT2D eigenvalue weighted by Gasteiger charge is -2.38. The second-order valence-electron chi connectivity index (χ2n) is 6.90. The molecular formula is C18H26N2O2. The first-order chi connectivity index (χ1) is 10.7. The molecule has 1 aromatic carbocycles. The third kappa shape index (κ3) is 2.83. The second-order valence-corrected chi connectivity index (χ2v) is 6.90. The zero-order valence-electron chi connectivity index (χ0n) is 13.2. The topological polar surface area (TPSA) is 52.6 Å². The summed E-state index contributed by atoms with van der Waals surface area (Å²) in [5.41, 5.74) is 0.0554. The Morgan fingerprint density at radius 2 is 1.91 bits per heavy atom. The number of fused-ring (bicyclic) bond motifs is 2. The second kappa shape index (κ2) is 6.49. The fraction of sp³-hybridized carbons (Fsp3) is 0.611. The summed E-state index contributed by atoms with van der Waals surface area (Å²) in [5, 5.41) is 13.4. The standard InChI is InChI=1S/C18H26N2O2/c1-20-16-7-8-17(20)10-15(9-16)19-11-18(12-21,13-22)14-5-3-2-4-6-14/h2-6,12,15-17,19,22H,7-11,13H2,1H3. The van der Waals surface area contributed by atoms with E-state index in [1.807, 2.05) is 30.3 Å². The van der Waals surface area contributed by atoms with Gasteiger partial charge < -0.3 is 20.1 Å². The molecule has 3 rings (SSSR count). The van der Waals surface area contributed by atoms with Crippen molar-refractivity contribution >= 4 is 6.29 Å². The number of nitrogens with zero attached hydrogens (tertiary/aromatic N) is 1. The molecule has 2 fully saturated rings. The normalized spacial score (nSPS) is 30.9. The molecule has 1 aromatic rings. The molecule has 120 valence electrons. The van der Waals surface area contributed by atoms with Gasteiger partial charge in [-0.3, -0.25) is 0 Å². The Morgan fingerprint density at radius 3 is 2.45 bits per heavy atom. The molecule has 0 aromatic heterocycles. The predicted molar refractivity (Wildman–Crippen MR) is 86.9 cm³/mol. The van der Waals surface area contributed by atoms with Crippen LogP contribution in [-0.2, 0) is 10.2 Å². The van der Waals surface area contributed by atoms with Gasteiger partial charge in [0.05, 0.1) is 12.0 Å². The van der Waals surface area contributed by atoms with Crippen LogP contribution in [0.4, 0.5) is 0 Å². The first kappa shape index (κ1) is 15.7. The van der Waals surface area contributed by atoms with Gasteiger partial charge in [0.15, 0.2) is 0 Å². The smallest absolute Gasteiger partial charge is 0.134 e. The Balaban J connectivity index is 1.67. The molecule has 2 bridgehead atoms. The molecule has 2 aliphatic rings. The van der Waals surface area contributed by atoms with E-state index in [0.717, 1.165) is 24.7 Å². The lowest BCUT2D eigenvalue weighted by atomic mass is 9.82. The molecule has 3 atom stereocenters. The lowest BCUT2D eigenvalue weighted by molar-refractivity contribution is -0.113. The molecule has 4 heteroatoms. The van der Waals surface area contributed by atoms with Crippen LogP contribution >= 0.6 is 0 Å². The Morgan fingerprint density at radius 1 is 1.27 bits per heavy atom. The number of aliphatic hydroxyl groups is 1. The van der Waals surface area contributed by atoms with E-state index in [9.17, 15) is 9.90 Å². The molecule has 0 radical (unpaired) electrons. The molecule has 0 amide bonds. The fourth-order valence-electron chi connectivity index (χ4n) is 4.07. The third-order valence-electron chi connectivity index (χ3n) is 5.66. The van der Waals surface area contributed by atoms with Crippen LogP contribution in [-0.4, -0.2) is 54.6 Å². The van der Waals surface area contributed by atoms with Crippen molar-refractivity contribution in [3.05, 3.63) is 35.9 Å². The Hall–Kier alpha value is -1.23. The number of aliphatic hydroxyl groups excluding tert-OH is 1. The van der Waals surface area contributed by atoms with E-state index < -0.39 is 5.41 Å². The molecule has 0 spiro atoms.